The van der Waals surface area contributed by atoms with E-state index in [-0.39, 0.29) is 28.5 Å². The summed E-state index contributed by atoms with van der Waals surface area (Å²) in [7, 11) is -5.25. The van der Waals surface area contributed by atoms with Gasteiger partial charge in [0.05, 0.1) is 19.5 Å². The van der Waals surface area contributed by atoms with Crippen LogP contribution in [0.15, 0.2) is 58.8 Å². The van der Waals surface area contributed by atoms with Crippen molar-refractivity contribution in [2.45, 2.75) is 61.9 Å². The van der Waals surface area contributed by atoms with Gasteiger partial charge in [-0.25, -0.2) is 37.7 Å². The summed E-state index contributed by atoms with van der Waals surface area (Å²) in [6, 6.07) is 7.00. The number of halogens is 2. The molecule has 3 aromatic heterocycles. The first kappa shape index (κ1) is 37.4. The monoisotopic (exact) mass is 803 g/mol. The number of hydrogen-bond donors (Lipinski definition) is 3. The Balaban J connectivity index is 1.22. The van der Waals surface area contributed by atoms with Gasteiger partial charge in [0.15, 0.2) is 36.3 Å². The third-order valence-electron chi connectivity index (χ3n) is 8.20. The number of fused-ring (bicyclic) bond motifs is 4. The Hall–Kier alpha value is -3.89. The number of H-pyrrole nitrogens is 1. The Morgan fingerprint density at radius 2 is 1.74 bits per heavy atom. The van der Waals surface area contributed by atoms with E-state index in [0.717, 1.165) is 18.6 Å². The summed E-state index contributed by atoms with van der Waals surface area (Å²) < 4.78 is 101. The van der Waals surface area contributed by atoms with Crippen LogP contribution in [0.2, 0.25) is 0 Å². The molecule has 284 valence electrons. The molecule has 6 heterocycles. The smallest absolute Gasteiger partial charge is 0.427 e. The molecule has 0 radical (unpaired) electrons. The number of aromatic amines is 1. The van der Waals surface area contributed by atoms with Gasteiger partial charge >= 0.3 is 26.3 Å². The van der Waals surface area contributed by atoms with E-state index in [1.807, 2.05) is 4.98 Å². The number of benzene rings is 1. The van der Waals surface area contributed by atoms with E-state index in [1.54, 1.807) is 12.1 Å². The summed E-state index contributed by atoms with van der Waals surface area (Å²) in [5.41, 5.74) is 4.74. The van der Waals surface area contributed by atoms with Crippen molar-refractivity contribution < 1.29 is 59.9 Å². The molecule has 3 fully saturated rings. The summed E-state index contributed by atoms with van der Waals surface area (Å²) in [5.74, 6) is -0.426. The van der Waals surface area contributed by atoms with E-state index in [9.17, 15) is 28.4 Å². The number of phosphoric acid groups is 1. The first-order valence-corrected chi connectivity index (χ1v) is 20.2. The SMILES string of the molecule is CC(=O)Oc1ccc(CSP2(=O)OC[C@H]3O[C@@H](n4cnc5c(N)ncnc54)[C@H](OP(=O)(O)OC[C@H]4O[C@@H](n5ccc(=O)[nH]c5=O)[C@H](F)[C@@H]4O2)[C@@H]3F)cc1. The highest BCUT2D eigenvalue weighted by Gasteiger charge is 2.55. The summed E-state index contributed by atoms with van der Waals surface area (Å²) >= 11 is 0.576. The summed E-state index contributed by atoms with van der Waals surface area (Å²) in [4.78, 5) is 60.4. The molecule has 20 nitrogen and oxygen atoms in total. The fourth-order valence-corrected chi connectivity index (χ4v) is 10.1. The summed E-state index contributed by atoms with van der Waals surface area (Å²) in [6.07, 6.45) is -11.7. The lowest BCUT2D eigenvalue weighted by atomic mass is 10.1. The van der Waals surface area contributed by atoms with Crippen molar-refractivity contribution in [2.75, 3.05) is 18.9 Å². The van der Waals surface area contributed by atoms with E-state index in [2.05, 4.69) is 15.0 Å². The number of nitrogens with one attached hydrogen (secondary N) is 1. The Labute approximate surface area is 299 Å². The number of alkyl halides is 2. The lowest BCUT2D eigenvalue weighted by Gasteiger charge is -2.27. The molecule has 0 saturated carbocycles. The van der Waals surface area contributed by atoms with Gasteiger partial charge in [-0.15, -0.1) is 0 Å². The minimum atomic E-state index is -5.25. The standard InChI is InChI=1S/C28H29F2N7O13P2S/c1-13(38)46-15-4-2-14(3-5-15)10-53-52(43)45-8-16-19(29)23(27(47-16)37-12-34-21-24(31)32-11-33-25(21)37)49-51(41,42)44-9-17-22(50-52)20(30)26(48-17)36-7-6-18(39)35-28(36)40/h2-7,11-12,16-17,19-20,22-23,26-27H,8-10H2,1H3,(H,41,42)(H2,31,32,33)(H,35,39,40)/t16-,17-,19-,20-,22-,23-,26-,27-,52?/m1/s1. The number of carbonyl (C=O) groups is 1. The van der Waals surface area contributed by atoms with Gasteiger partial charge in [-0.3, -0.25) is 41.8 Å². The molecule has 2 bridgehead atoms. The first-order valence-electron chi connectivity index (χ1n) is 15.5. The van der Waals surface area contributed by atoms with E-state index in [4.69, 9.17) is 38.0 Å². The fourth-order valence-electron chi connectivity index (χ4n) is 5.76. The summed E-state index contributed by atoms with van der Waals surface area (Å²) in [5, 5.41) is 0. The van der Waals surface area contributed by atoms with Crippen LogP contribution in [0.3, 0.4) is 0 Å². The van der Waals surface area contributed by atoms with Crippen molar-refractivity contribution >= 4 is 49.0 Å². The van der Waals surface area contributed by atoms with Gasteiger partial charge in [-0.2, -0.15) is 0 Å². The summed E-state index contributed by atoms with van der Waals surface area (Å²) in [6.45, 7) is -5.16. The topological polar surface area (TPSA) is 261 Å². The van der Waals surface area contributed by atoms with Crippen molar-refractivity contribution in [1.29, 1.82) is 0 Å². The molecular formula is C28H29F2N7O13P2S. The Kier molecular flexibility index (Phi) is 10.4. The number of nitrogens with two attached hydrogens (primary N) is 1. The van der Waals surface area contributed by atoms with E-state index in [0.29, 0.717) is 21.5 Å². The minimum absolute atomic E-state index is 0.0185. The van der Waals surface area contributed by atoms with Crippen LogP contribution < -0.4 is 21.7 Å². The van der Waals surface area contributed by atoms with Gasteiger partial charge in [-0.1, -0.05) is 12.1 Å². The number of hydrogen-bond acceptors (Lipinski definition) is 17. The lowest BCUT2D eigenvalue weighted by molar-refractivity contribution is -0.131. The van der Waals surface area contributed by atoms with Gasteiger partial charge in [-0.05, 0) is 29.1 Å². The van der Waals surface area contributed by atoms with E-state index >= 15 is 8.78 Å². The zero-order valence-corrected chi connectivity index (χ0v) is 29.7. The van der Waals surface area contributed by atoms with Gasteiger partial charge in [0.2, 0.25) is 0 Å². The number of ether oxygens (including phenoxy) is 3. The van der Waals surface area contributed by atoms with Gasteiger partial charge in [0, 0.05) is 24.9 Å². The van der Waals surface area contributed by atoms with Crippen molar-refractivity contribution in [2.24, 2.45) is 0 Å². The number of aromatic nitrogens is 6. The molecule has 4 aromatic rings. The number of carbonyl (C=O) groups excluding carboxylic acids is 1. The quantitative estimate of drug-likeness (QED) is 0.143. The van der Waals surface area contributed by atoms with Crippen LogP contribution in [0.5, 0.6) is 5.75 Å². The molecule has 4 N–H and O–H groups in total. The molecule has 0 aliphatic carbocycles. The average molecular weight is 804 g/mol. The molecule has 1 aromatic carbocycles. The number of nitrogens with zero attached hydrogens (tertiary/aromatic N) is 5. The molecule has 2 unspecified atom stereocenters. The number of nitrogen functional groups attached to an aromatic ring is 1. The van der Waals surface area contributed by atoms with Crippen LogP contribution in [0.25, 0.3) is 11.2 Å². The zero-order valence-electron chi connectivity index (χ0n) is 27.1. The molecule has 0 amide bonds. The average Bonchev–Trinajstić information content (AvgIpc) is 3.76. The number of phosphoric ester groups is 1. The first-order chi connectivity index (χ1) is 25.2. The predicted molar refractivity (Wildman–Crippen MR) is 177 cm³/mol. The Morgan fingerprint density at radius 1 is 1.00 bits per heavy atom. The van der Waals surface area contributed by atoms with Crippen LogP contribution in [0, 0.1) is 0 Å². The highest BCUT2D eigenvalue weighted by Crippen LogP contribution is 2.64. The molecule has 0 spiro atoms. The van der Waals surface area contributed by atoms with Crippen LogP contribution in [-0.2, 0) is 47.2 Å². The second-order valence-electron chi connectivity index (χ2n) is 11.8. The fraction of sp³-hybridized carbons (Fsp3) is 0.429. The third-order valence-corrected chi connectivity index (χ3v) is 12.8. The highest BCUT2D eigenvalue weighted by molar-refractivity contribution is 8.54. The Morgan fingerprint density at radius 3 is 2.47 bits per heavy atom. The predicted octanol–water partition coefficient (Wildman–Crippen LogP) is 2.31. The lowest BCUT2D eigenvalue weighted by Crippen LogP contribution is -2.36. The van der Waals surface area contributed by atoms with Crippen molar-refractivity contribution in [3.05, 3.63) is 75.6 Å². The third kappa shape index (κ3) is 7.86. The van der Waals surface area contributed by atoms with Gasteiger partial charge < -0.3 is 24.8 Å². The van der Waals surface area contributed by atoms with Crippen molar-refractivity contribution in [3.8, 4) is 5.75 Å². The Bertz CT molecular complexity index is 2230. The maximum absolute atomic E-state index is 16.3. The minimum Gasteiger partial charge on any atom is -0.427 e. The number of anilines is 1. The van der Waals surface area contributed by atoms with Crippen molar-refractivity contribution in [3.63, 3.8) is 0 Å². The normalized spacial score (nSPS) is 33.4. The molecule has 25 heteroatoms. The van der Waals surface area contributed by atoms with Gasteiger partial charge in [0.1, 0.15) is 42.0 Å². The second-order valence-corrected chi connectivity index (χ2v) is 17.2. The number of rotatable bonds is 6. The van der Waals surface area contributed by atoms with Gasteiger partial charge in [0.25, 0.3) is 5.56 Å². The van der Waals surface area contributed by atoms with E-state index in [1.165, 1.54) is 30.0 Å². The van der Waals surface area contributed by atoms with Crippen molar-refractivity contribution in [1.82, 2.24) is 29.1 Å². The maximum atomic E-state index is 16.3. The molecule has 53 heavy (non-hydrogen) atoms. The molecule has 3 saturated heterocycles. The number of esters is 1. The zero-order chi connectivity index (χ0) is 37.7. The number of imidazole rings is 1. The molecular weight excluding hydrogens is 774 g/mol. The molecule has 10 atom stereocenters. The molecule has 3 aliphatic rings. The molecule has 3 aliphatic heterocycles. The molecule has 7 rings (SSSR count). The van der Waals surface area contributed by atoms with Crippen LogP contribution in [0.1, 0.15) is 24.9 Å². The van der Waals surface area contributed by atoms with Crippen LogP contribution in [-0.4, -0.2) is 89.9 Å². The van der Waals surface area contributed by atoms with Crippen LogP contribution in [0.4, 0.5) is 14.6 Å². The highest BCUT2D eigenvalue weighted by atomic mass is 32.7. The van der Waals surface area contributed by atoms with E-state index < -0.39 is 94.3 Å². The van der Waals surface area contributed by atoms with Crippen LogP contribution >= 0.6 is 26.0 Å². The maximum Gasteiger partial charge on any atom is 0.472 e. The largest absolute Gasteiger partial charge is 0.472 e. The second kappa shape index (κ2) is 14.7.